The number of likely N-dealkylation sites (N-methyl/N-ethyl adjacent to an activating group) is 1. The second-order valence-electron chi connectivity index (χ2n) is 3.08. The molecule has 1 aromatic carbocycles. The highest BCUT2D eigenvalue weighted by atomic mass is 79.9. The molecule has 4 nitrogen and oxygen atoms in total. The third-order valence-corrected chi connectivity index (χ3v) is 4.29. The predicted octanol–water partition coefficient (Wildman–Crippen LogP) is 1.09. The molecular formula is C9H12BrFN2O2S. The van der Waals surface area contributed by atoms with Crippen LogP contribution in [0.2, 0.25) is 0 Å². The Bertz CT molecular complexity index is 465. The lowest BCUT2D eigenvalue weighted by Gasteiger charge is -2.08. The van der Waals surface area contributed by atoms with Gasteiger partial charge in [0.05, 0.1) is 4.90 Å². The molecule has 0 fully saturated rings. The third kappa shape index (κ3) is 3.51. The Morgan fingerprint density at radius 1 is 1.38 bits per heavy atom. The Morgan fingerprint density at radius 2 is 2.06 bits per heavy atom. The molecule has 0 aliphatic heterocycles. The van der Waals surface area contributed by atoms with Gasteiger partial charge < -0.3 is 5.32 Å². The van der Waals surface area contributed by atoms with E-state index in [-0.39, 0.29) is 15.9 Å². The van der Waals surface area contributed by atoms with Crippen molar-refractivity contribution in [1.82, 2.24) is 10.0 Å². The molecule has 0 radical (unpaired) electrons. The van der Waals surface area contributed by atoms with Crippen LogP contribution < -0.4 is 10.0 Å². The lowest BCUT2D eigenvalue weighted by Crippen LogP contribution is -2.30. The lowest BCUT2D eigenvalue weighted by molar-refractivity contribution is 0.578. The summed E-state index contributed by atoms with van der Waals surface area (Å²) >= 11 is 3.02. The average Bonchev–Trinajstić information content (AvgIpc) is 2.17. The molecule has 0 aliphatic rings. The molecule has 0 aromatic heterocycles. The van der Waals surface area contributed by atoms with E-state index in [9.17, 15) is 12.8 Å². The molecule has 1 rings (SSSR count). The first-order valence-corrected chi connectivity index (χ1v) is 6.84. The Kier molecular flexibility index (Phi) is 4.85. The lowest BCUT2D eigenvalue weighted by atomic mass is 10.3. The first-order chi connectivity index (χ1) is 7.47. The largest absolute Gasteiger partial charge is 0.318 e. The number of nitrogens with one attached hydrogen (secondary N) is 2. The van der Waals surface area contributed by atoms with Crippen molar-refractivity contribution in [1.29, 1.82) is 0 Å². The van der Waals surface area contributed by atoms with Gasteiger partial charge in [-0.3, -0.25) is 0 Å². The number of benzene rings is 1. The van der Waals surface area contributed by atoms with E-state index in [1.807, 2.05) is 0 Å². The Balaban J connectivity index is 2.90. The SMILES string of the molecule is CNCCNS(=O)(=O)c1ccc(F)cc1Br. The maximum Gasteiger partial charge on any atom is 0.241 e. The second-order valence-corrected chi connectivity index (χ2v) is 5.67. The summed E-state index contributed by atoms with van der Waals surface area (Å²) in [7, 11) is -1.86. The third-order valence-electron chi connectivity index (χ3n) is 1.85. The summed E-state index contributed by atoms with van der Waals surface area (Å²) in [6.07, 6.45) is 0. The van der Waals surface area contributed by atoms with Crippen LogP contribution in [-0.2, 0) is 10.0 Å². The van der Waals surface area contributed by atoms with E-state index in [1.165, 1.54) is 6.07 Å². The summed E-state index contributed by atoms with van der Waals surface area (Å²) in [5, 5.41) is 2.82. The molecule has 0 unspecified atom stereocenters. The Hall–Kier alpha value is -0.500. The number of hydrogen-bond donors (Lipinski definition) is 2. The number of hydrogen-bond acceptors (Lipinski definition) is 3. The fraction of sp³-hybridized carbons (Fsp3) is 0.333. The first kappa shape index (κ1) is 13.6. The summed E-state index contributed by atoms with van der Waals surface area (Å²) in [6.45, 7) is 0.806. The standard InChI is InChI=1S/C9H12BrFN2O2S/c1-12-4-5-13-16(14,15)9-3-2-7(11)6-8(9)10/h2-3,6,12-13H,4-5H2,1H3. The van der Waals surface area contributed by atoms with Crippen molar-refractivity contribution in [2.45, 2.75) is 4.90 Å². The number of rotatable bonds is 5. The summed E-state index contributed by atoms with van der Waals surface area (Å²) in [5.74, 6) is -0.485. The van der Waals surface area contributed by atoms with Crippen LogP contribution in [0.25, 0.3) is 0 Å². The highest BCUT2D eigenvalue weighted by Gasteiger charge is 2.16. The Labute approximate surface area is 102 Å². The number of sulfonamides is 1. The molecule has 0 atom stereocenters. The van der Waals surface area contributed by atoms with Crippen molar-refractivity contribution in [3.8, 4) is 0 Å². The predicted molar refractivity (Wildman–Crippen MR) is 63.2 cm³/mol. The van der Waals surface area contributed by atoms with Crippen LogP contribution in [0.3, 0.4) is 0 Å². The van der Waals surface area contributed by atoms with Gasteiger partial charge in [-0.05, 0) is 41.2 Å². The van der Waals surface area contributed by atoms with Crippen molar-refractivity contribution in [3.63, 3.8) is 0 Å². The summed E-state index contributed by atoms with van der Waals surface area (Å²) in [5.41, 5.74) is 0. The molecule has 7 heteroatoms. The van der Waals surface area contributed by atoms with Crippen molar-refractivity contribution in [2.24, 2.45) is 0 Å². The normalized spacial score (nSPS) is 11.7. The summed E-state index contributed by atoms with van der Waals surface area (Å²) < 4.78 is 38.9. The monoisotopic (exact) mass is 310 g/mol. The molecule has 1 aromatic rings. The summed E-state index contributed by atoms with van der Waals surface area (Å²) in [4.78, 5) is 0.0324. The molecular weight excluding hydrogens is 299 g/mol. The maximum absolute atomic E-state index is 12.8. The van der Waals surface area contributed by atoms with Gasteiger partial charge in [-0.2, -0.15) is 0 Å². The zero-order valence-electron chi connectivity index (χ0n) is 8.63. The van der Waals surface area contributed by atoms with Gasteiger partial charge in [0, 0.05) is 17.6 Å². The molecule has 90 valence electrons. The molecule has 0 amide bonds. The maximum atomic E-state index is 12.8. The van der Waals surface area contributed by atoms with Gasteiger partial charge in [-0.1, -0.05) is 0 Å². The van der Waals surface area contributed by atoms with Gasteiger partial charge in [0.2, 0.25) is 10.0 Å². The van der Waals surface area contributed by atoms with E-state index in [0.717, 1.165) is 12.1 Å². The van der Waals surface area contributed by atoms with Crippen molar-refractivity contribution >= 4 is 26.0 Å². The first-order valence-electron chi connectivity index (χ1n) is 4.56. The van der Waals surface area contributed by atoms with E-state index in [4.69, 9.17) is 0 Å². The minimum atomic E-state index is -3.58. The van der Waals surface area contributed by atoms with Gasteiger partial charge in [-0.25, -0.2) is 17.5 Å². The van der Waals surface area contributed by atoms with Crippen LogP contribution in [0.5, 0.6) is 0 Å². The molecule has 0 saturated carbocycles. The van der Waals surface area contributed by atoms with Crippen LogP contribution in [0, 0.1) is 5.82 Å². The minimum absolute atomic E-state index is 0.0324. The van der Waals surface area contributed by atoms with Gasteiger partial charge in [0.25, 0.3) is 0 Å². The molecule has 0 aliphatic carbocycles. The van der Waals surface area contributed by atoms with E-state index >= 15 is 0 Å². The van der Waals surface area contributed by atoms with Crippen LogP contribution in [-0.4, -0.2) is 28.6 Å². The van der Waals surface area contributed by atoms with Crippen LogP contribution in [0.15, 0.2) is 27.6 Å². The fourth-order valence-electron chi connectivity index (χ4n) is 1.08. The van der Waals surface area contributed by atoms with Crippen LogP contribution >= 0.6 is 15.9 Å². The fourth-order valence-corrected chi connectivity index (χ4v) is 3.16. The molecule has 2 N–H and O–H groups in total. The molecule has 0 bridgehead atoms. The summed E-state index contributed by atoms with van der Waals surface area (Å²) in [6, 6.07) is 3.45. The van der Waals surface area contributed by atoms with Gasteiger partial charge in [-0.15, -0.1) is 0 Å². The van der Waals surface area contributed by atoms with E-state index in [0.29, 0.717) is 6.54 Å². The van der Waals surface area contributed by atoms with Crippen LogP contribution in [0.1, 0.15) is 0 Å². The van der Waals surface area contributed by atoms with Gasteiger partial charge in [0.15, 0.2) is 0 Å². The highest BCUT2D eigenvalue weighted by Crippen LogP contribution is 2.22. The Morgan fingerprint density at radius 3 is 2.62 bits per heavy atom. The van der Waals surface area contributed by atoms with Gasteiger partial charge >= 0.3 is 0 Å². The second kappa shape index (κ2) is 5.72. The van der Waals surface area contributed by atoms with Crippen molar-refractivity contribution in [3.05, 3.63) is 28.5 Å². The quantitative estimate of drug-likeness (QED) is 0.800. The molecule has 0 saturated heterocycles. The topological polar surface area (TPSA) is 58.2 Å². The number of halogens is 2. The van der Waals surface area contributed by atoms with E-state index in [1.54, 1.807) is 7.05 Å². The molecule has 0 heterocycles. The van der Waals surface area contributed by atoms with E-state index < -0.39 is 15.8 Å². The minimum Gasteiger partial charge on any atom is -0.318 e. The molecule has 0 spiro atoms. The van der Waals surface area contributed by atoms with Crippen molar-refractivity contribution < 1.29 is 12.8 Å². The average molecular weight is 311 g/mol. The van der Waals surface area contributed by atoms with Crippen LogP contribution in [0.4, 0.5) is 4.39 Å². The smallest absolute Gasteiger partial charge is 0.241 e. The van der Waals surface area contributed by atoms with E-state index in [2.05, 4.69) is 26.0 Å². The zero-order valence-corrected chi connectivity index (χ0v) is 11.0. The van der Waals surface area contributed by atoms with Crippen molar-refractivity contribution in [2.75, 3.05) is 20.1 Å². The van der Waals surface area contributed by atoms with Gasteiger partial charge in [0.1, 0.15) is 5.82 Å². The highest BCUT2D eigenvalue weighted by molar-refractivity contribution is 9.10. The zero-order chi connectivity index (χ0) is 12.2. The molecule has 16 heavy (non-hydrogen) atoms.